The summed E-state index contributed by atoms with van der Waals surface area (Å²) in [6.07, 6.45) is 2.71. The van der Waals surface area contributed by atoms with Gasteiger partial charge in [-0.2, -0.15) is 0 Å². The maximum absolute atomic E-state index is 13.3. The van der Waals surface area contributed by atoms with Gasteiger partial charge in [0.05, 0.1) is 13.2 Å². The molecule has 0 amide bonds. The molecule has 0 spiro atoms. The van der Waals surface area contributed by atoms with Crippen molar-refractivity contribution in [2.75, 3.05) is 19.8 Å². The molecule has 2 rings (SSSR count). The lowest BCUT2D eigenvalue weighted by atomic mass is 10.1. The lowest BCUT2D eigenvalue weighted by Gasteiger charge is -2.21. The molecule has 1 aromatic carbocycles. The molecule has 0 atom stereocenters. The third-order valence-corrected chi connectivity index (χ3v) is 3.36. The lowest BCUT2D eigenvalue weighted by molar-refractivity contribution is 0.183. The van der Waals surface area contributed by atoms with Gasteiger partial charge in [-0.05, 0) is 30.5 Å². The van der Waals surface area contributed by atoms with Gasteiger partial charge in [0.2, 0.25) is 0 Å². The van der Waals surface area contributed by atoms with Gasteiger partial charge < -0.3 is 10.2 Å². The number of hydrogen-bond donors (Lipinski definition) is 2. The Kier molecular flexibility index (Phi) is 5.54. The predicted octanol–water partition coefficient (Wildman–Crippen LogP) is 1.52. The Morgan fingerprint density at radius 2 is 2.05 bits per heavy atom. The molecule has 0 bridgehead atoms. The zero-order valence-electron chi connectivity index (χ0n) is 11.5. The molecule has 1 saturated carbocycles. The third-order valence-electron chi connectivity index (χ3n) is 3.36. The topological polar surface area (TPSA) is 43.7 Å². The fourth-order valence-electron chi connectivity index (χ4n) is 2.19. The van der Waals surface area contributed by atoms with E-state index in [1.165, 1.54) is 12.1 Å². The molecule has 1 aliphatic rings. The first-order valence-corrected chi connectivity index (χ1v) is 6.97. The van der Waals surface area contributed by atoms with Crippen LogP contribution in [0.25, 0.3) is 0 Å². The first-order valence-electron chi connectivity index (χ1n) is 6.97. The summed E-state index contributed by atoms with van der Waals surface area (Å²) in [4.78, 5) is 2.21. The van der Waals surface area contributed by atoms with Crippen LogP contribution in [0, 0.1) is 17.7 Å². The largest absolute Gasteiger partial charge is 0.395 e. The maximum Gasteiger partial charge on any atom is 0.124 e. The van der Waals surface area contributed by atoms with Crippen molar-refractivity contribution in [3.8, 4) is 11.8 Å². The summed E-state index contributed by atoms with van der Waals surface area (Å²) in [6.45, 7) is 1.44. The fourth-order valence-corrected chi connectivity index (χ4v) is 2.19. The van der Waals surface area contributed by atoms with Crippen molar-refractivity contribution in [2.24, 2.45) is 0 Å². The number of aliphatic hydroxyl groups excluding tert-OH is 2. The molecular formula is C16H20FNO2. The summed E-state index contributed by atoms with van der Waals surface area (Å²) in [5.41, 5.74) is 1.64. The summed E-state index contributed by atoms with van der Waals surface area (Å²) in [5.74, 6) is 5.45. The van der Waals surface area contributed by atoms with Crippen LogP contribution in [0.2, 0.25) is 0 Å². The standard InChI is InChI=1S/C16H20FNO2/c17-15-5-4-14(13(11-15)3-1-2-9-19)12-18(8-10-20)16-6-7-16/h4-5,11,16,19-20H,2,6-10,12H2. The molecule has 0 heterocycles. The van der Waals surface area contributed by atoms with Crippen LogP contribution in [0.1, 0.15) is 30.4 Å². The maximum atomic E-state index is 13.3. The van der Waals surface area contributed by atoms with E-state index in [0.717, 1.165) is 18.4 Å². The molecule has 1 fully saturated rings. The second-order valence-electron chi connectivity index (χ2n) is 5.00. The van der Waals surface area contributed by atoms with Crippen LogP contribution in [0.3, 0.4) is 0 Å². The minimum absolute atomic E-state index is 0.0103. The van der Waals surface area contributed by atoms with Crippen molar-refractivity contribution >= 4 is 0 Å². The van der Waals surface area contributed by atoms with Gasteiger partial charge in [0.25, 0.3) is 0 Å². The molecule has 0 aliphatic heterocycles. The highest BCUT2D eigenvalue weighted by molar-refractivity contribution is 5.41. The van der Waals surface area contributed by atoms with E-state index in [0.29, 0.717) is 31.1 Å². The van der Waals surface area contributed by atoms with Crippen molar-refractivity contribution in [2.45, 2.75) is 31.8 Å². The van der Waals surface area contributed by atoms with Crippen molar-refractivity contribution in [3.05, 3.63) is 35.1 Å². The molecule has 1 aliphatic carbocycles. The van der Waals surface area contributed by atoms with Crippen molar-refractivity contribution in [1.29, 1.82) is 0 Å². The van der Waals surface area contributed by atoms with E-state index >= 15 is 0 Å². The average molecular weight is 277 g/mol. The Labute approximate surface area is 119 Å². The van der Waals surface area contributed by atoms with Gasteiger partial charge in [0, 0.05) is 31.1 Å². The van der Waals surface area contributed by atoms with Gasteiger partial charge in [-0.25, -0.2) is 4.39 Å². The van der Waals surface area contributed by atoms with Gasteiger partial charge in [0.1, 0.15) is 5.82 Å². The zero-order valence-corrected chi connectivity index (χ0v) is 11.5. The summed E-state index contributed by atoms with van der Waals surface area (Å²) < 4.78 is 13.3. The molecular weight excluding hydrogens is 257 g/mol. The second-order valence-corrected chi connectivity index (χ2v) is 5.00. The van der Waals surface area contributed by atoms with E-state index in [-0.39, 0.29) is 19.0 Å². The average Bonchev–Trinajstić information content (AvgIpc) is 3.25. The zero-order chi connectivity index (χ0) is 14.4. The van der Waals surface area contributed by atoms with Gasteiger partial charge in [-0.1, -0.05) is 17.9 Å². The Morgan fingerprint density at radius 3 is 2.70 bits per heavy atom. The predicted molar refractivity (Wildman–Crippen MR) is 75.5 cm³/mol. The number of nitrogens with zero attached hydrogens (tertiary/aromatic N) is 1. The van der Waals surface area contributed by atoms with Crippen LogP contribution in [-0.2, 0) is 6.54 Å². The Balaban J connectivity index is 2.15. The van der Waals surface area contributed by atoms with Gasteiger partial charge in [-0.3, -0.25) is 4.90 Å². The van der Waals surface area contributed by atoms with Crippen molar-refractivity contribution in [1.82, 2.24) is 4.90 Å². The molecule has 0 saturated heterocycles. The molecule has 0 aromatic heterocycles. The van der Waals surface area contributed by atoms with Gasteiger partial charge in [0.15, 0.2) is 0 Å². The monoisotopic (exact) mass is 277 g/mol. The van der Waals surface area contributed by atoms with Crippen LogP contribution in [0.5, 0.6) is 0 Å². The van der Waals surface area contributed by atoms with Crippen molar-refractivity contribution in [3.63, 3.8) is 0 Å². The molecule has 108 valence electrons. The normalized spacial score (nSPS) is 14.2. The molecule has 20 heavy (non-hydrogen) atoms. The van der Waals surface area contributed by atoms with Crippen molar-refractivity contribution < 1.29 is 14.6 Å². The minimum Gasteiger partial charge on any atom is -0.395 e. The highest BCUT2D eigenvalue weighted by Gasteiger charge is 2.28. The first-order chi connectivity index (χ1) is 9.74. The molecule has 0 unspecified atom stereocenters. The minimum atomic E-state index is -0.304. The van der Waals surface area contributed by atoms with E-state index < -0.39 is 0 Å². The van der Waals surface area contributed by atoms with E-state index in [1.54, 1.807) is 6.07 Å². The molecule has 2 N–H and O–H groups in total. The number of aliphatic hydroxyl groups is 2. The molecule has 0 radical (unpaired) electrons. The van der Waals surface area contributed by atoms with Crippen LogP contribution < -0.4 is 0 Å². The Morgan fingerprint density at radius 1 is 1.25 bits per heavy atom. The van der Waals surface area contributed by atoms with E-state index in [1.807, 2.05) is 0 Å². The first kappa shape index (κ1) is 15.0. The highest BCUT2D eigenvalue weighted by Crippen LogP contribution is 2.28. The Hall–Kier alpha value is -1.41. The number of rotatable bonds is 6. The molecule has 4 heteroatoms. The Bertz CT molecular complexity index is 503. The summed E-state index contributed by atoms with van der Waals surface area (Å²) in [5, 5.41) is 17.9. The smallest absolute Gasteiger partial charge is 0.124 e. The second kappa shape index (κ2) is 7.39. The summed E-state index contributed by atoms with van der Waals surface area (Å²) >= 11 is 0. The van der Waals surface area contributed by atoms with Crippen LogP contribution in [0.4, 0.5) is 4.39 Å². The third kappa shape index (κ3) is 4.31. The summed E-state index contributed by atoms with van der Waals surface area (Å²) in [7, 11) is 0. The molecule has 1 aromatic rings. The van der Waals surface area contributed by atoms with Crippen LogP contribution >= 0.6 is 0 Å². The SMILES string of the molecule is OCCC#Cc1cc(F)ccc1CN(CCO)C1CC1. The van der Waals surface area contributed by atoms with E-state index in [2.05, 4.69) is 16.7 Å². The number of halogens is 1. The van der Waals surface area contributed by atoms with Gasteiger partial charge >= 0.3 is 0 Å². The fraction of sp³-hybridized carbons (Fsp3) is 0.500. The lowest BCUT2D eigenvalue weighted by Crippen LogP contribution is -2.29. The van der Waals surface area contributed by atoms with Crippen LogP contribution in [0.15, 0.2) is 18.2 Å². The quantitative estimate of drug-likeness (QED) is 0.775. The highest BCUT2D eigenvalue weighted by atomic mass is 19.1. The number of hydrogen-bond acceptors (Lipinski definition) is 3. The van der Waals surface area contributed by atoms with Crippen LogP contribution in [-0.4, -0.2) is 40.9 Å². The van der Waals surface area contributed by atoms with E-state index in [4.69, 9.17) is 10.2 Å². The number of benzene rings is 1. The van der Waals surface area contributed by atoms with E-state index in [9.17, 15) is 4.39 Å². The van der Waals surface area contributed by atoms with Gasteiger partial charge in [-0.15, -0.1) is 0 Å². The summed E-state index contributed by atoms with van der Waals surface area (Å²) in [6, 6.07) is 5.16. The molecule has 3 nitrogen and oxygen atoms in total.